The van der Waals surface area contributed by atoms with Crippen molar-refractivity contribution in [3.63, 3.8) is 0 Å². The molecule has 6 heteroatoms. The molecule has 3 aromatic rings. The van der Waals surface area contributed by atoms with E-state index < -0.39 is 0 Å². The van der Waals surface area contributed by atoms with Crippen molar-refractivity contribution < 1.29 is 4.79 Å². The number of carbonyl (C=O) groups excluding carboxylic acids is 1. The number of aryl methyl sites for hydroxylation is 1. The fraction of sp³-hybridized carbons (Fsp3) is 0.211. The van der Waals surface area contributed by atoms with Gasteiger partial charge in [0.25, 0.3) is 11.5 Å². The molecule has 0 spiro atoms. The molecule has 0 bridgehead atoms. The molecule has 0 radical (unpaired) electrons. The van der Waals surface area contributed by atoms with Crippen LogP contribution in [0.3, 0.4) is 0 Å². The molecule has 0 saturated carbocycles. The normalized spacial score (nSPS) is 13.8. The SMILES string of the molecule is Cc1cncn1-c1ccc2n(c1=O)CCN(Cc1ccccc1)C2=O. The second-order valence-corrected chi connectivity index (χ2v) is 6.18. The Hall–Kier alpha value is -3.15. The van der Waals surface area contributed by atoms with E-state index in [2.05, 4.69) is 4.98 Å². The highest BCUT2D eigenvalue weighted by Gasteiger charge is 2.26. The van der Waals surface area contributed by atoms with Gasteiger partial charge in [-0.25, -0.2) is 4.98 Å². The summed E-state index contributed by atoms with van der Waals surface area (Å²) in [5, 5.41) is 0. The van der Waals surface area contributed by atoms with Crippen LogP contribution in [-0.2, 0) is 13.1 Å². The first-order valence-corrected chi connectivity index (χ1v) is 8.21. The van der Waals surface area contributed by atoms with Crippen LogP contribution in [0.2, 0.25) is 0 Å². The van der Waals surface area contributed by atoms with Gasteiger partial charge in [-0.2, -0.15) is 0 Å². The van der Waals surface area contributed by atoms with Crippen LogP contribution in [0.4, 0.5) is 0 Å². The highest BCUT2D eigenvalue weighted by atomic mass is 16.2. The number of rotatable bonds is 3. The van der Waals surface area contributed by atoms with Crippen molar-refractivity contribution in [2.75, 3.05) is 6.54 Å². The number of amides is 1. The minimum absolute atomic E-state index is 0.110. The molecular formula is C19H18N4O2. The van der Waals surface area contributed by atoms with Gasteiger partial charge in [0, 0.05) is 31.5 Å². The Morgan fingerprint density at radius 1 is 1.04 bits per heavy atom. The third-order valence-electron chi connectivity index (χ3n) is 4.55. The number of pyridine rings is 1. The van der Waals surface area contributed by atoms with E-state index in [9.17, 15) is 9.59 Å². The number of aromatic nitrogens is 3. The van der Waals surface area contributed by atoms with E-state index in [1.165, 1.54) is 0 Å². The highest BCUT2D eigenvalue weighted by molar-refractivity contribution is 5.93. The van der Waals surface area contributed by atoms with E-state index in [0.29, 0.717) is 31.0 Å². The molecule has 0 atom stereocenters. The van der Waals surface area contributed by atoms with Crippen LogP contribution in [0.25, 0.3) is 5.69 Å². The predicted molar refractivity (Wildman–Crippen MR) is 93.7 cm³/mol. The Bertz CT molecular complexity index is 988. The van der Waals surface area contributed by atoms with Gasteiger partial charge >= 0.3 is 0 Å². The number of hydrogen-bond donors (Lipinski definition) is 0. The van der Waals surface area contributed by atoms with Crippen molar-refractivity contribution in [2.24, 2.45) is 0 Å². The zero-order valence-electron chi connectivity index (χ0n) is 13.9. The van der Waals surface area contributed by atoms with Crippen LogP contribution in [0, 0.1) is 6.92 Å². The molecule has 1 aromatic carbocycles. The van der Waals surface area contributed by atoms with Gasteiger partial charge in [0.05, 0.1) is 6.33 Å². The van der Waals surface area contributed by atoms with E-state index in [1.54, 1.807) is 38.7 Å². The second-order valence-electron chi connectivity index (χ2n) is 6.18. The average molecular weight is 334 g/mol. The lowest BCUT2D eigenvalue weighted by molar-refractivity contribution is 0.0686. The largest absolute Gasteiger partial charge is 0.331 e. The van der Waals surface area contributed by atoms with Crippen LogP contribution >= 0.6 is 0 Å². The molecule has 126 valence electrons. The molecule has 6 nitrogen and oxygen atoms in total. The maximum absolute atomic E-state index is 12.8. The monoisotopic (exact) mass is 334 g/mol. The fourth-order valence-electron chi connectivity index (χ4n) is 3.21. The van der Waals surface area contributed by atoms with Gasteiger partial charge in [0.1, 0.15) is 11.4 Å². The summed E-state index contributed by atoms with van der Waals surface area (Å²) in [6.07, 6.45) is 3.32. The third kappa shape index (κ3) is 2.65. The Morgan fingerprint density at radius 2 is 1.84 bits per heavy atom. The van der Waals surface area contributed by atoms with Gasteiger partial charge in [-0.3, -0.25) is 14.2 Å². The molecule has 0 fully saturated rings. The lowest BCUT2D eigenvalue weighted by Gasteiger charge is -2.30. The van der Waals surface area contributed by atoms with E-state index in [1.807, 2.05) is 37.3 Å². The summed E-state index contributed by atoms with van der Waals surface area (Å²) in [5.41, 5.74) is 2.76. The summed E-state index contributed by atoms with van der Waals surface area (Å²) in [7, 11) is 0. The van der Waals surface area contributed by atoms with Crippen LogP contribution in [0.5, 0.6) is 0 Å². The topological polar surface area (TPSA) is 60.1 Å². The maximum Gasteiger partial charge on any atom is 0.275 e. The summed E-state index contributed by atoms with van der Waals surface area (Å²) >= 11 is 0. The maximum atomic E-state index is 12.8. The second kappa shape index (κ2) is 6.05. The van der Waals surface area contributed by atoms with Crippen LogP contribution in [-0.4, -0.2) is 31.5 Å². The van der Waals surface area contributed by atoms with E-state index >= 15 is 0 Å². The number of nitrogens with zero attached hydrogens (tertiary/aromatic N) is 4. The Balaban J connectivity index is 1.68. The Kier molecular flexibility index (Phi) is 3.72. The molecule has 2 aromatic heterocycles. The fourth-order valence-corrected chi connectivity index (χ4v) is 3.21. The molecule has 1 amide bonds. The van der Waals surface area contributed by atoms with Crippen LogP contribution in [0.15, 0.2) is 59.8 Å². The van der Waals surface area contributed by atoms with Crippen LogP contribution in [0.1, 0.15) is 21.7 Å². The quantitative estimate of drug-likeness (QED) is 0.736. The number of fused-ring (bicyclic) bond motifs is 1. The van der Waals surface area contributed by atoms with Gasteiger partial charge in [-0.1, -0.05) is 30.3 Å². The Labute approximate surface area is 145 Å². The van der Waals surface area contributed by atoms with Gasteiger partial charge in [0.2, 0.25) is 0 Å². The van der Waals surface area contributed by atoms with Gasteiger partial charge in [-0.15, -0.1) is 0 Å². The number of hydrogen-bond acceptors (Lipinski definition) is 3. The van der Waals surface area contributed by atoms with Crippen molar-refractivity contribution in [1.29, 1.82) is 0 Å². The first kappa shape index (κ1) is 15.4. The van der Waals surface area contributed by atoms with Crippen molar-refractivity contribution in [3.8, 4) is 5.69 Å². The third-order valence-corrected chi connectivity index (χ3v) is 4.55. The van der Waals surface area contributed by atoms with Crippen molar-refractivity contribution in [2.45, 2.75) is 20.0 Å². The molecule has 4 rings (SSSR count). The van der Waals surface area contributed by atoms with Crippen molar-refractivity contribution >= 4 is 5.91 Å². The molecule has 1 aliphatic heterocycles. The van der Waals surface area contributed by atoms with Gasteiger partial charge < -0.3 is 9.47 Å². The summed E-state index contributed by atoms with van der Waals surface area (Å²) < 4.78 is 3.31. The number of benzene rings is 1. The number of carbonyl (C=O) groups is 1. The Morgan fingerprint density at radius 3 is 2.56 bits per heavy atom. The lowest BCUT2D eigenvalue weighted by atomic mass is 10.1. The van der Waals surface area contributed by atoms with E-state index in [-0.39, 0.29) is 11.5 Å². The molecule has 0 unspecified atom stereocenters. The van der Waals surface area contributed by atoms with Gasteiger partial charge in [0.15, 0.2) is 0 Å². The minimum atomic E-state index is -0.161. The smallest absolute Gasteiger partial charge is 0.275 e. The van der Waals surface area contributed by atoms with Crippen molar-refractivity contribution in [1.82, 2.24) is 19.0 Å². The first-order valence-electron chi connectivity index (χ1n) is 8.21. The summed E-state index contributed by atoms with van der Waals surface area (Å²) in [5.74, 6) is -0.110. The zero-order chi connectivity index (χ0) is 17.4. The average Bonchev–Trinajstić information content (AvgIpc) is 3.05. The molecule has 0 N–H and O–H groups in total. The number of imidazole rings is 1. The lowest BCUT2D eigenvalue weighted by Crippen LogP contribution is -2.44. The zero-order valence-corrected chi connectivity index (χ0v) is 13.9. The summed E-state index contributed by atoms with van der Waals surface area (Å²) in [4.78, 5) is 31.5. The standard InChI is InChI=1S/C19H18N4O2/c1-14-11-20-13-23(14)17-8-7-16-18(24)21(9-10-22(16)19(17)25)12-15-5-3-2-4-6-15/h2-8,11,13H,9-10,12H2,1H3. The molecule has 25 heavy (non-hydrogen) atoms. The molecule has 3 heterocycles. The minimum Gasteiger partial charge on any atom is -0.331 e. The molecular weight excluding hydrogens is 316 g/mol. The molecule has 0 saturated heterocycles. The van der Waals surface area contributed by atoms with E-state index in [0.717, 1.165) is 11.3 Å². The van der Waals surface area contributed by atoms with Crippen molar-refractivity contribution in [3.05, 3.63) is 82.3 Å². The summed E-state index contributed by atoms with van der Waals surface area (Å²) in [6, 6.07) is 13.3. The van der Waals surface area contributed by atoms with E-state index in [4.69, 9.17) is 0 Å². The first-order chi connectivity index (χ1) is 12.1. The highest BCUT2D eigenvalue weighted by Crippen LogP contribution is 2.16. The van der Waals surface area contributed by atoms with Gasteiger partial charge in [-0.05, 0) is 24.6 Å². The predicted octanol–water partition coefficient (Wildman–Crippen LogP) is 2.00. The van der Waals surface area contributed by atoms with Crippen LogP contribution < -0.4 is 5.56 Å². The summed E-state index contributed by atoms with van der Waals surface area (Å²) in [6.45, 7) is 3.46. The molecule has 1 aliphatic rings. The molecule has 0 aliphatic carbocycles.